The van der Waals surface area contributed by atoms with Crippen LogP contribution in [0.5, 0.6) is 0 Å². The molecule has 1 atom stereocenters. The largest absolute Gasteiger partial charge is 0.377 e. The van der Waals surface area contributed by atoms with Gasteiger partial charge in [-0.05, 0) is 11.1 Å². The van der Waals surface area contributed by atoms with Gasteiger partial charge in [-0.1, -0.05) is 59.8 Å². The van der Waals surface area contributed by atoms with Gasteiger partial charge in [-0.2, -0.15) is 4.98 Å². The molecular weight excluding hydrogens is 330 g/mol. The lowest BCUT2D eigenvalue weighted by Crippen LogP contribution is -2.42. The summed E-state index contributed by atoms with van der Waals surface area (Å²) in [5, 5.41) is 4.08. The molecule has 1 aliphatic heterocycles. The molecule has 2 heterocycles. The van der Waals surface area contributed by atoms with Gasteiger partial charge in [0.15, 0.2) is 0 Å². The molecule has 0 spiro atoms. The molecule has 1 amide bonds. The van der Waals surface area contributed by atoms with Crippen LogP contribution < -0.4 is 0 Å². The van der Waals surface area contributed by atoms with Gasteiger partial charge in [0.05, 0.1) is 13.2 Å². The summed E-state index contributed by atoms with van der Waals surface area (Å²) in [6.07, 6.45) is 0. The van der Waals surface area contributed by atoms with Crippen molar-refractivity contribution >= 4 is 5.91 Å². The molecule has 1 saturated heterocycles. The minimum absolute atomic E-state index is 0.0229. The Labute approximate surface area is 151 Å². The molecule has 3 aromatic rings. The third kappa shape index (κ3) is 3.23. The Morgan fingerprint density at radius 2 is 1.73 bits per heavy atom. The normalized spacial score (nSPS) is 17.3. The Balaban J connectivity index is 1.57. The smallest absolute Gasteiger partial charge is 0.252 e. The summed E-state index contributed by atoms with van der Waals surface area (Å²) in [4.78, 5) is 18.0. The lowest BCUT2D eigenvalue weighted by atomic mass is 10.0. The number of aromatic nitrogens is 2. The van der Waals surface area contributed by atoms with E-state index in [1.165, 1.54) is 6.92 Å². The number of amides is 1. The van der Waals surface area contributed by atoms with Crippen molar-refractivity contribution < 1.29 is 14.1 Å². The Morgan fingerprint density at radius 1 is 1.04 bits per heavy atom. The van der Waals surface area contributed by atoms with Crippen LogP contribution in [0.4, 0.5) is 0 Å². The predicted octanol–water partition coefficient (Wildman–Crippen LogP) is 3.32. The van der Waals surface area contributed by atoms with E-state index in [0.717, 1.165) is 16.7 Å². The van der Waals surface area contributed by atoms with Crippen molar-refractivity contribution in [3.63, 3.8) is 0 Å². The van der Waals surface area contributed by atoms with Crippen molar-refractivity contribution in [2.75, 3.05) is 19.8 Å². The van der Waals surface area contributed by atoms with E-state index in [1.54, 1.807) is 4.90 Å². The first-order valence-corrected chi connectivity index (χ1v) is 8.57. The average Bonchev–Trinajstić information content (AvgIpc) is 3.19. The van der Waals surface area contributed by atoms with Gasteiger partial charge >= 0.3 is 0 Å². The second-order valence-electron chi connectivity index (χ2n) is 6.20. The first-order chi connectivity index (χ1) is 12.7. The van der Waals surface area contributed by atoms with Crippen molar-refractivity contribution in [1.82, 2.24) is 15.0 Å². The Kier molecular flexibility index (Phi) is 4.50. The number of benzene rings is 2. The lowest BCUT2D eigenvalue weighted by molar-refractivity contribution is -0.138. The number of ether oxygens (including phenoxy) is 1. The van der Waals surface area contributed by atoms with Crippen LogP contribution in [0.1, 0.15) is 18.9 Å². The van der Waals surface area contributed by atoms with Crippen molar-refractivity contribution in [2.24, 2.45) is 0 Å². The van der Waals surface area contributed by atoms with E-state index in [9.17, 15) is 4.79 Å². The predicted molar refractivity (Wildman–Crippen MR) is 96.1 cm³/mol. The molecule has 0 N–H and O–H groups in total. The summed E-state index contributed by atoms with van der Waals surface area (Å²) in [7, 11) is 0. The maximum atomic E-state index is 11.8. The molecule has 26 heavy (non-hydrogen) atoms. The van der Waals surface area contributed by atoms with Gasteiger partial charge in [0.2, 0.25) is 11.7 Å². The number of carbonyl (C=O) groups excluding carboxylic acids is 1. The fourth-order valence-electron chi connectivity index (χ4n) is 3.12. The van der Waals surface area contributed by atoms with Crippen LogP contribution in [0.15, 0.2) is 59.1 Å². The second-order valence-corrected chi connectivity index (χ2v) is 6.20. The van der Waals surface area contributed by atoms with E-state index in [-0.39, 0.29) is 11.9 Å². The second kappa shape index (κ2) is 7.09. The van der Waals surface area contributed by atoms with Crippen LogP contribution in [-0.4, -0.2) is 40.7 Å². The van der Waals surface area contributed by atoms with Crippen LogP contribution in [0, 0.1) is 0 Å². The summed E-state index contributed by atoms with van der Waals surface area (Å²) in [6.45, 7) is 2.97. The van der Waals surface area contributed by atoms with E-state index >= 15 is 0 Å². The molecule has 1 fully saturated rings. The Hall–Kier alpha value is -2.99. The van der Waals surface area contributed by atoms with Crippen LogP contribution in [0.2, 0.25) is 0 Å². The van der Waals surface area contributed by atoms with Crippen molar-refractivity contribution in [2.45, 2.75) is 13.0 Å². The SMILES string of the molecule is CC(=O)N1CCOCC1c1nc(-c2ccc(-c3ccccc3)cc2)no1. The zero-order chi connectivity index (χ0) is 17.9. The number of nitrogens with zero attached hydrogens (tertiary/aromatic N) is 3. The quantitative estimate of drug-likeness (QED) is 0.725. The number of carbonyl (C=O) groups is 1. The molecule has 0 radical (unpaired) electrons. The minimum Gasteiger partial charge on any atom is -0.377 e. The molecule has 1 aromatic heterocycles. The molecule has 1 unspecified atom stereocenters. The summed E-state index contributed by atoms with van der Waals surface area (Å²) in [5.74, 6) is 0.890. The summed E-state index contributed by atoms with van der Waals surface area (Å²) >= 11 is 0. The first-order valence-electron chi connectivity index (χ1n) is 8.57. The van der Waals surface area contributed by atoms with Gasteiger partial charge in [-0.15, -0.1) is 0 Å². The maximum Gasteiger partial charge on any atom is 0.252 e. The molecule has 6 nitrogen and oxygen atoms in total. The van der Waals surface area contributed by atoms with Gasteiger partial charge < -0.3 is 14.2 Å². The monoisotopic (exact) mass is 349 g/mol. The third-order valence-electron chi connectivity index (χ3n) is 4.51. The topological polar surface area (TPSA) is 68.5 Å². The minimum atomic E-state index is -0.328. The molecule has 1 aliphatic rings. The Morgan fingerprint density at radius 3 is 2.46 bits per heavy atom. The van der Waals surface area contributed by atoms with Crippen molar-refractivity contribution in [3.8, 4) is 22.5 Å². The fourth-order valence-corrected chi connectivity index (χ4v) is 3.12. The standard InChI is InChI=1S/C20H19N3O3/c1-14(24)23-11-12-25-13-18(23)20-21-19(22-26-20)17-9-7-16(8-10-17)15-5-3-2-4-6-15/h2-10,18H,11-13H2,1H3. The van der Waals surface area contributed by atoms with Gasteiger partial charge in [-0.25, -0.2) is 0 Å². The maximum absolute atomic E-state index is 11.8. The zero-order valence-electron chi connectivity index (χ0n) is 14.5. The van der Waals surface area contributed by atoms with E-state index in [1.807, 2.05) is 42.5 Å². The molecule has 0 aliphatic carbocycles. The van der Waals surface area contributed by atoms with Gasteiger partial charge in [0, 0.05) is 19.0 Å². The van der Waals surface area contributed by atoms with Gasteiger partial charge in [0.25, 0.3) is 5.89 Å². The molecule has 0 bridgehead atoms. The van der Waals surface area contributed by atoms with Crippen LogP contribution in [0.25, 0.3) is 22.5 Å². The lowest BCUT2D eigenvalue weighted by Gasteiger charge is -2.32. The zero-order valence-corrected chi connectivity index (χ0v) is 14.5. The van der Waals surface area contributed by atoms with Crippen molar-refractivity contribution in [3.05, 3.63) is 60.5 Å². The number of hydrogen-bond donors (Lipinski definition) is 0. The molecular formula is C20H19N3O3. The summed E-state index contributed by atoms with van der Waals surface area (Å²) < 4.78 is 10.9. The highest BCUT2D eigenvalue weighted by molar-refractivity contribution is 5.74. The van der Waals surface area contributed by atoms with E-state index in [4.69, 9.17) is 9.26 Å². The summed E-state index contributed by atoms with van der Waals surface area (Å²) in [6, 6.07) is 17.8. The van der Waals surface area contributed by atoms with Crippen LogP contribution in [0.3, 0.4) is 0 Å². The van der Waals surface area contributed by atoms with Crippen LogP contribution in [-0.2, 0) is 9.53 Å². The third-order valence-corrected chi connectivity index (χ3v) is 4.51. The van der Waals surface area contributed by atoms with E-state index in [2.05, 4.69) is 22.3 Å². The highest BCUT2D eigenvalue weighted by Gasteiger charge is 2.31. The average molecular weight is 349 g/mol. The van der Waals surface area contributed by atoms with E-state index < -0.39 is 0 Å². The molecule has 0 saturated carbocycles. The molecule has 6 heteroatoms. The number of rotatable bonds is 3. The van der Waals surface area contributed by atoms with E-state index in [0.29, 0.717) is 31.5 Å². The molecule has 2 aromatic carbocycles. The van der Waals surface area contributed by atoms with Gasteiger partial charge in [-0.3, -0.25) is 4.79 Å². The number of morpholine rings is 1. The first kappa shape index (κ1) is 16.5. The molecule has 132 valence electrons. The Bertz CT molecular complexity index is 890. The van der Waals surface area contributed by atoms with Crippen LogP contribution >= 0.6 is 0 Å². The fraction of sp³-hybridized carbons (Fsp3) is 0.250. The van der Waals surface area contributed by atoms with Gasteiger partial charge in [0.1, 0.15) is 6.04 Å². The van der Waals surface area contributed by atoms with Crippen molar-refractivity contribution in [1.29, 1.82) is 0 Å². The highest BCUT2D eigenvalue weighted by Crippen LogP contribution is 2.27. The number of hydrogen-bond acceptors (Lipinski definition) is 5. The summed E-state index contributed by atoms with van der Waals surface area (Å²) in [5.41, 5.74) is 3.15. The highest BCUT2D eigenvalue weighted by atomic mass is 16.5. The molecule has 4 rings (SSSR count).